The third-order valence-electron chi connectivity index (χ3n) is 3.19. The molecule has 0 aliphatic carbocycles. The first-order chi connectivity index (χ1) is 9.16. The number of hydrogen-bond acceptors (Lipinski definition) is 4. The molecule has 1 fully saturated rings. The van der Waals surface area contributed by atoms with E-state index in [1.165, 1.54) is 10.4 Å². The standard InChI is InChI=1S/C12H16BrFN2O3S/c1-12(2)7-19-4-3-16(12)20(17,18)11-5-8(13)9(14)6-10(11)15/h5-6H,3-4,7,15H2,1-2H3. The summed E-state index contributed by atoms with van der Waals surface area (Å²) in [5.74, 6) is -0.595. The number of nitrogens with zero attached hydrogens (tertiary/aromatic N) is 1. The average molecular weight is 367 g/mol. The predicted octanol–water partition coefficient (Wildman–Crippen LogP) is 1.97. The topological polar surface area (TPSA) is 72.6 Å². The molecule has 2 rings (SSSR count). The monoisotopic (exact) mass is 366 g/mol. The van der Waals surface area contributed by atoms with Gasteiger partial charge < -0.3 is 10.5 Å². The highest BCUT2D eigenvalue weighted by Gasteiger charge is 2.40. The molecule has 1 aromatic rings. The lowest BCUT2D eigenvalue weighted by atomic mass is 10.1. The van der Waals surface area contributed by atoms with Gasteiger partial charge in [-0.15, -0.1) is 0 Å². The Kier molecular flexibility index (Phi) is 4.12. The molecule has 2 N–H and O–H groups in total. The SMILES string of the molecule is CC1(C)COCCN1S(=O)(=O)c1cc(Br)c(F)cc1N. The predicted molar refractivity (Wildman–Crippen MR) is 77.3 cm³/mol. The molecule has 0 unspecified atom stereocenters. The van der Waals surface area contributed by atoms with E-state index in [0.717, 1.165) is 6.07 Å². The first kappa shape index (κ1) is 15.7. The van der Waals surface area contributed by atoms with Crippen molar-refractivity contribution in [2.45, 2.75) is 24.3 Å². The largest absolute Gasteiger partial charge is 0.398 e. The van der Waals surface area contributed by atoms with Crippen molar-refractivity contribution in [3.8, 4) is 0 Å². The molecule has 0 amide bonds. The Balaban J connectivity index is 2.53. The molecule has 112 valence electrons. The number of anilines is 1. The van der Waals surface area contributed by atoms with Gasteiger partial charge in [-0.1, -0.05) is 0 Å². The van der Waals surface area contributed by atoms with Crippen LogP contribution in [-0.2, 0) is 14.8 Å². The Morgan fingerprint density at radius 1 is 1.45 bits per heavy atom. The summed E-state index contributed by atoms with van der Waals surface area (Å²) < 4.78 is 45.6. The second-order valence-corrected chi connectivity index (χ2v) is 7.93. The van der Waals surface area contributed by atoms with Gasteiger partial charge in [-0.3, -0.25) is 0 Å². The van der Waals surface area contributed by atoms with E-state index in [-0.39, 0.29) is 21.6 Å². The molecule has 5 nitrogen and oxygen atoms in total. The lowest BCUT2D eigenvalue weighted by molar-refractivity contribution is -0.00769. The fourth-order valence-corrected chi connectivity index (χ4v) is 4.55. The van der Waals surface area contributed by atoms with Crippen LogP contribution in [0, 0.1) is 5.82 Å². The van der Waals surface area contributed by atoms with Gasteiger partial charge in [0.15, 0.2) is 0 Å². The highest BCUT2D eigenvalue weighted by Crippen LogP contribution is 2.32. The Hall–Kier alpha value is -0.700. The van der Waals surface area contributed by atoms with Crippen molar-refractivity contribution in [1.82, 2.24) is 4.31 Å². The van der Waals surface area contributed by atoms with E-state index in [1.54, 1.807) is 13.8 Å². The van der Waals surface area contributed by atoms with Crippen LogP contribution in [0.1, 0.15) is 13.8 Å². The molecular weight excluding hydrogens is 351 g/mol. The van der Waals surface area contributed by atoms with E-state index in [2.05, 4.69) is 15.9 Å². The third-order valence-corrected chi connectivity index (χ3v) is 5.96. The summed E-state index contributed by atoms with van der Waals surface area (Å²) in [6.45, 7) is 4.42. The highest BCUT2D eigenvalue weighted by atomic mass is 79.9. The van der Waals surface area contributed by atoms with Crippen LogP contribution in [0.4, 0.5) is 10.1 Å². The van der Waals surface area contributed by atoms with E-state index >= 15 is 0 Å². The zero-order chi connectivity index (χ0) is 15.1. The summed E-state index contributed by atoms with van der Waals surface area (Å²) in [7, 11) is -3.81. The van der Waals surface area contributed by atoms with Crippen molar-refractivity contribution in [2.24, 2.45) is 0 Å². The van der Waals surface area contributed by atoms with Crippen LogP contribution in [0.15, 0.2) is 21.5 Å². The van der Waals surface area contributed by atoms with Crippen LogP contribution in [0.2, 0.25) is 0 Å². The highest BCUT2D eigenvalue weighted by molar-refractivity contribution is 9.10. The number of rotatable bonds is 2. The number of sulfonamides is 1. The van der Waals surface area contributed by atoms with Crippen LogP contribution < -0.4 is 5.73 Å². The van der Waals surface area contributed by atoms with Gasteiger partial charge in [0.25, 0.3) is 0 Å². The van der Waals surface area contributed by atoms with Crippen LogP contribution in [0.5, 0.6) is 0 Å². The fraction of sp³-hybridized carbons (Fsp3) is 0.500. The second-order valence-electron chi connectivity index (χ2n) is 5.25. The first-order valence-corrected chi connectivity index (χ1v) is 8.25. The maximum atomic E-state index is 13.4. The Labute approximate surface area is 126 Å². The van der Waals surface area contributed by atoms with Gasteiger partial charge >= 0.3 is 0 Å². The van der Waals surface area contributed by atoms with Gasteiger partial charge in [0.1, 0.15) is 10.7 Å². The molecule has 0 atom stereocenters. The zero-order valence-corrected chi connectivity index (χ0v) is 13.6. The number of ether oxygens (including phenoxy) is 1. The van der Waals surface area contributed by atoms with E-state index in [4.69, 9.17) is 10.5 Å². The van der Waals surface area contributed by atoms with E-state index in [9.17, 15) is 12.8 Å². The number of morpholine rings is 1. The van der Waals surface area contributed by atoms with Crippen LogP contribution >= 0.6 is 15.9 Å². The van der Waals surface area contributed by atoms with Crippen molar-refractivity contribution in [1.29, 1.82) is 0 Å². The molecule has 1 aliphatic rings. The van der Waals surface area contributed by atoms with Crippen molar-refractivity contribution < 1.29 is 17.5 Å². The molecule has 8 heteroatoms. The minimum absolute atomic E-state index is 0.0661. The van der Waals surface area contributed by atoms with Crippen molar-refractivity contribution in [3.05, 3.63) is 22.4 Å². The van der Waals surface area contributed by atoms with E-state index in [0.29, 0.717) is 13.2 Å². The number of nitrogen functional groups attached to an aromatic ring is 1. The summed E-state index contributed by atoms with van der Waals surface area (Å²) in [5.41, 5.74) is 4.89. The molecule has 1 aromatic carbocycles. The summed E-state index contributed by atoms with van der Waals surface area (Å²) in [6, 6.07) is 2.20. The number of nitrogens with two attached hydrogens (primary N) is 1. The van der Waals surface area contributed by atoms with Gasteiger partial charge in [0, 0.05) is 6.54 Å². The van der Waals surface area contributed by atoms with Crippen LogP contribution in [0.3, 0.4) is 0 Å². The molecule has 0 radical (unpaired) electrons. The average Bonchev–Trinajstić information content (AvgIpc) is 2.32. The molecular formula is C12H16BrFN2O3S. The lowest BCUT2D eigenvalue weighted by Crippen LogP contribution is -2.55. The summed E-state index contributed by atoms with van der Waals surface area (Å²) >= 11 is 2.99. The van der Waals surface area contributed by atoms with Crippen LogP contribution in [0.25, 0.3) is 0 Å². The molecule has 0 saturated carbocycles. The van der Waals surface area contributed by atoms with Crippen LogP contribution in [-0.4, -0.2) is 38.0 Å². The quantitative estimate of drug-likeness (QED) is 0.812. The van der Waals surface area contributed by atoms with Crippen molar-refractivity contribution >= 4 is 31.6 Å². The zero-order valence-electron chi connectivity index (χ0n) is 11.2. The first-order valence-electron chi connectivity index (χ1n) is 6.01. The second kappa shape index (κ2) is 5.25. The van der Waals surface area contributed by atoms with E-state index in [1.807, 2.05) is 0 Å². The lowest BCUT2D eigenvalue weighted by Gasteiger charge is -2.40. The number of halogens is 2. The minimum atomic E-state index is -3.81. The Morgan fingerprint density at radius 3 is 2.70 bits per heavy atom. The molecule has 1 aliphatic heterocycles. The summed E-state index contributed by atoms with van der Waals surface area (Å²) in [4.78, 5) is -0.0965. The summed E-state index contributed by atoms with van der Waals surface area (Å²) in [5, 5.41) is 0. The molecule has 20 heavy (non-hydrogen) atoms. The van der Waals surface area contributed by atoms with Gasteiger partial charge in [-0.2, -0.15) is 4.31 Å². The van der Waals surface area contributed by atoms with Gasteiger partial charge in [-0.25, -0.2) is 12.8 Å². The minimum Gasteiger partial charge on any atom is -0.398 e. The third kappa shape index (κ3) is 2.69. The maximum Gasteiger partial charge on any atom is 0.245 e. The number of hydrogen-bond donors (Lipinski definition) is 1. The normalized spacial score (nSPS) is 20.0. The van der Waals surface area contributed by atoms with Gasteiger partial charge in [-0.05, 0) is 41.9 Å². The maximum absolute atomic E-state index is 13.4. The van der Waals surface area contributed by atoms with E-state index < -0.39 is 21.4 Å². The Bertz CT molecular complexity index is 634. The number of benzene rings is 1. The molecule has 0 bridgehead atoms. The van der Waals surface area contributed by atoms with Crippen molar-refractivity contribution in [2.75, 3.05) is 25.5 Å². The van der Waals surface area contributed by atoms with Gasteiger partial charge in [0.2, 0.25) is 10.0 Å². The summed E-state index contributed by atoms with van der Waals surface area (Å²) in [6.07, 6.45) is 0. The molecule has 0 aromatic heterocycles. The molecule has 1 saturated heterocycles. The van der Waals surface area contributed by atoms with Gasteiger partial charge in [0.05, 0.1) is 28.9 Å². The fourth-order valence-electron chi connectivity index (χ4n) is 2.18. The molecule has 0 spiro atoms. The molecule has 1 heterocycles. The van der Waals surface area contributed by atoms with Crippen molar-refractivity contribution in [3.63, 3.8) is 0 Å². The smallest absolute Gasteiger partial charge is 0.245 e. The Morgan fingerprint density at radius 2 is 2.10 bits per heavy atom.